The van der Waals surface area contributed by atoms with Crippen molar-refractivity contribution in [1.29, 1.82) is 0 Å². The Morgan fingerprint density at radius 1 is 1.09 bits per heavy atom. The minimum atomic E-state index is -2.88. The van der Waals surface area contributed by atoms with E-state index in [1.165, 1.54) is 7.11 Å². The van der Waals surface area contributed by atoms with Gasteiger partial charge in [-0.3, -0.25) is 4.90 Å². The fourth-order valence-electron chi connectivity index (χ4n) is 5.08. The Bertz CT molecular complexity index is 1130. The highest BCUT2D eigenvalue weighted by Crippen LogP contribution is 2.34. The van der Waals surface area contributed by atoms with E-state index in [0.717, 1.165) is 67.1 Å². The number of benzene rings is 2. The predicted molar refractivity (Wildman–Crippen MR) is 139 cm³/mol. The lowest BCUT2D eigenvalue weighted by Crippen LogP contribution is -2.40. The van der Waals surface area contributed by atoms with Crippen LogP contribution in [0.1, 0.15) is 41.3 Å². The number of carbonyl (C=O) groups excluding carboxylic acids is 1. The number of nitrogens with zero attached hydrogens (tertiary/aromatic N) is 2. The van der Waals surface area contributed by atoms with Gasteiger partial charge in [0.1, 0.15) is 0 Å². The molecule has 2 aromatic carbocycles. The van der Waals surface area contributed by atoms with Crippen molar-refractivity contribution in [3.63, 3.8) is 0 Å². The van der Waals surface area contributed by atoms with Crippen molar-refractivity contribution in [2.75, 3.05) is 56.4 Å². The van der Waals surface area contributed by atoms with Crippen molar-refractivity contribution in [3.05, 3.63) is 53.1 Å². The molecule has 2 aliphatic rings. The summed E-state index contributed by atoms with van der Waals surface area (Å²) >= 11 is 0. The van der Waals surface area contributed by atoms with Gasteiger partial charge in [0.25, 0.3) is 0 Å². The molecule has 4 rings (SSSR count). The summed E-state index contributed by atoms with van der Waals surface area (Å²) in [6, 6.07) is 12.8. The summed E-state index contributed by atoms with van der Waals surface area (Å²) in [4.78, 5) is 17.2. The summed E-state index contributed by atoms with van der Waals surface area (Å²) in [6.07, 6.45) is 1.94. The quantitative estimate of drug-likeness (QED) is 0.537. The van der Waals surface area contributed by atoms with Gasteiger partial charge in [0.2, 0.25) is 0 Å². The average molecular weight is 501 g/mol. The molecule has 0 aliphatic carbocycles. The Morgan fingerprint density at radius 2 is 1.74 bits per heavy atom. The maximum atomic E-state index is 12.7. The minimum absolute atomic E-state index is 0.231. The van der Waals surface area contributed by atoms with Gasteiger partial charge in [-0.25, -0.2) is 13.2 Å². The van der Waals surface area contributed by atoms with E-state index >= 15 is 0 Å². The molecule has 0 atom stereocenters. The summed E-state index contributed by atoms with van der Waals surface area (Å²) in [5.74, 6) is 0.133. The van der Waals surface area contributed by atoms with Crippen LogP contribution in [-0.2, 0) is 25.9 Å². The first-order valence-electron chi connectivity index (χ1n) is 12.4. The lowest BCUT2D eigenvalue weighted by Gasteiger charge is -2.37. The zero-order chi connectivity index (χ0) is 25.0. The monoisotopic (exact) mass is 500 g/mol. The third kappa shape index (κ3) is 6.05. The molecule has 0 amide bonds. The first kappa shape index (κ1) is 25.7. The fraction of sp³-hybridized carbons (Fsp3) is 0.519. The number of hydrogen-bond donors (Lipinski definition) is 0. The number of esters is 1. The van der Waals surface area contributed by atoms with Gasteiger partial charge in [-0.15, -0.1) is 0 Å². The van der Waals surface area contributed by atoms with Gasteiger partial charge in [0.15, 0.2) is 9.84 Å². The van der Waals surface area contributed by atoms with E-state index in [9.17, 15) is 13.2 Å². The molecule has 7 nitrogen and oxygen atoms in total. The number of rotatable bonds is 7. The number of anilines is 1. The Hall–Kier alpha value is -2.42. The van der Waals surface area contributed by atoms with Crippen LogP contribution < -0.4 is 4.90 Å². The first-order valence-corrected chi connectivity index (χ1v) is 14.2. The maximum absolute atomic E-state index is 12.7. The molecule has 2 aliphatic heterocycles. The van der Waals surface area contributed by atoms with E-state index in [-0.39, 0.29) is 17.5 Å². The molecule has 190 valence electrons. The van der Waals surface area contributed by atoms with Crippen LogP contribution in [-0.4, -0.2) is 76.8 Å². The molecule has 0 spiro atoms. The van der Waals surface area contributed by atoms with Crippen LogP contribution >= 0.6 is 0 Å². The Kier molecular flexibility index (Phi) is 8.14. The standard InChI is InChI=1S/C27H36N2O5S/c1-4-29(24-9-13-34-14-10-24)26-18-23(17-25(20(26)2)27(30)33-3)22-7-5-21(6-8-22)19-28-11-15-35(31,32)16-12-28/h5-8,17-18,24H,4,9-16,19H2,1-3H3. The van der Waals surface area contributed by atoms with Crippen molar-refractivity contribution in [2.24, 2.45) is 0 Å². The second kappa shape index (κ2) is 11.1. The number of sulfone groups is 1. The van der Waals surface area contributed by atoms with Crippen LogP contribution in [0.5, 0.6) is 0 Å². The van der Waals surface area contributed by atoms with Crippen LogP contribution in [0.15, 0.2) is 36.4 Å². The second-order valence-electron chi connectivity index (χ2n) is 9.41. The van der Waals surface area contributed by atoms with Crippen LogP contribution in [0.2, 0.25) is 0 Å². The van der Waals surface area contributed by atoms with Crippen LogP contribution in [0.4, 0.5) is 5.69 Å². The summed E-state index contributed by atoms with van der Waals surface area (Å²) in [7, 11) is -1.46. The van der Waals surface area contributed by atoms with Crippen molar-refractivity contribution < 1.29 is 22.7 Å². The smallest absolute Gasteiger partial charge is 0.338 e. The highest BCUT2D eigenvalue weighted by Gasteiger charge is 2.25. The van der Waals surface area contributed by atoms with Gasteiger partial charge in [-0.05, 0) is 61.1 Å². The SMILES string of the molecule is CCN(c1cc(-c2ccc(CN3CCS(=O)(=O)CC3)cc2)cc(C(=O)OC)c1C)C1CCOCC1. The molecule has 0 radical (unpaired) electrons. The average Bonchev–Trinajstić information content (AvgIpc) is 2.87. The highest BCUT2D eigenvalue weighted by molar-refractivity contribution is 7.91. The molecule has 0 aromatic heterocycles. The van der Waals surface area contributed by atoms with Gasteiger partial charge >= 0.3 is 5.97 Å². The van der Waals surface area contributed by atoms with Crippen molar-refractivity contribution in [2.45, 2.75) is 39.3 Å². The predicted octanol–water partition coefficient (Wildman–Crippen LogP) is 3.68. The van der Waals surface area contributed by atoms with E-state index in [1.807, 2.05) is 13.0 Å². The summed E-state index contributed by atoms with van der Waals surface area (Å²) in [5.41, 5.74) is 5.74. The molecule has 0 saturated carbocycles. The maximum Gasteiger partial charge on any atom is 0.338 e. The molecule has 2 fully saturated rings. The molecule has 35 heavy (non-hydrogen) atoms. The zero-order valence-corrected chi connectivity index (χ0v) is 21.8. The normalized spacial score (nSPS) is 18.8. The molecular formula is C27H36N2O5S. The Morgan fingerprint density at radius 3 is 2.34 bits per heavy atom. The van der Waals surface area contributed by atoms with Gasteiger partial charge in [0.05, 0.1) is 24.2 Å². The van der Waals surface area contributed by atoms with E-state index in [4.69, 9.17) is 9.47 Å². The van der Waals surface area contributed by atoms with Crippen molar-refractivity contribution in [1.82, 2.24) is 4.90 Å². The lowest BCUT2D eigenvalue weighted by atomic mass is 9.95. The molecule has 0 unspecified atom stereocenters. The zero-order valence-electron chi connectivity index (χ0n) is 21.0. The third-order valence-electron chi connectivity index (χ3n) is 7.20. The summed E-state index contributed by atoms with van der Waals surface area (Å²) in [6.45, 7) is 8.40. The lowest BCUT2D eigenvalue weighted by molar-refractivity contribution is 0.0599. The van der Waals surface area contributed by atoms with Crippen LogP contribution in [0, 0.1) is 6.92 Å². The fourth-order valence-corrected chi connectivity index (χ4v) is 6.35. The van der Waals surface area contributed by atoms with E-state index in [2.05, 4.69) is 47.1 Å². The van der Waals surface area contributed by atoms with Gasteiger partial charge in [0, 0.05) is 51.1 Å². The van der Waals surface area contributed by atoms with E-state index in [1.54, 1.807) is 0 Å². The second-order valence-corrected chi connectivity index (χ2v) is 11.7. The minimum Gasteiger partial charge on any atom is -0.465 e. The molecule has 0 bridgehead atoms. The molecule has 0 N–H and O–H groups in total. The largest absolute Gasteiger partial charge is 0.465 e. The van der Waals surface area contributed by atoms with E-state index in [0.29, 0.717) is 24.7 Å². The summed E-state index contributed by atoms with van der Waals surface area (Å²) in [5, 5.41) is 0. The molecule has 8 heteroatoms. The van der Waals surface area contributed by atoms with Crippen molar-refractivity contribution >= 4 is 21.5 Å². The van der Waals surface area contributed by atoms with Crippen LogP contribution in [0.3, 0.4) is 0 Å². The van der Waals surface area contributed by atoms with Crippen molar-refractivity contribution in [3.8, 4) is 11.1 Å². The molecule has 2 heterocycles. The Labute approximate surface area is 208 Å². The number of ether oxygens (including phenoxy) is 2. The number of carbonyl (C=O) groups is 1. The highest BCUT2D eigenvalue weighted by atomic mass is 32.2. The summed E-state index contributed by atoms with van der Waals surface area (Å²) < 4.78 is 34.1. The molecule has 2 aromatic rings. The number of hydrogen-bond acceptors (Lipinski definition) is 7. The topological polar surface area (TPSA) is 76.2 Å². The van der Waals surface area contributed by atoms with Gasteiger partial charge in [-0.2, -0.15) is 0 Å². The number of methoxy groups -OCH3 is 1. The molecule has 2 saturated heterocycles. The third-order valence-corrected chi connectivity index (χ3v) is 8.81. The van der Waals surface area contributed by atoms with Gasteiger partial charge < -0.3 is 14.4 Å². The Balaban J connectivity index is 1.62. The van der Waals surface area contributed by atoms with Gasteiger partial charge in [-0.1, -0.05) is 24.3 Å². The first-order chi connectivity index (χ1) is 16.8. The van der Waals surface area contributed by atoms with E-state index < -0.39 is 9.84 Å². The molecular weight excluding hydrogens is 464 g/mol. The van der Waals surface area contributed by atoms with Crippen LogP contribution in [0.25, 0.3) is 11.1 Å².